The molecule has 1 N–H and O–H groups in total. The molecule has 0 atom stereocenters. The Morgan fingerprint density at radius 1 is 1.43 bits per heavy atom. The number of thioether (sulfide) groups is 1. The maximum Gasteiger partial charge on any atom is 0.283 e. The fourth-order valence-corrected chi connectivity index (χ4v) is 4.25. The number of aliphatic imine (C=N–C) groups is 1. The number of rotatable bonds is 6. The summed E-state index contributed by atoms with van der Waals surface area (Å²) in [6, 6.07) is 8.90. The molecular weight excluding hydrogens is 418 g/mol. The van der Waals surface area contributed by atoms with Crippen molar-refractivity contribution in [3.8, 4) is 5.75 Å². The lowest BCUT2D eigenvalue weighted by atomic mass is 10.2. The van der Waals surface area contributed by atoms with Gasteiger partial charge in [0.25, 0.3) is 5.91 Å². The SMILES string of the molecule is CCNC(=O)CSC1=N/C(=C\c2cccs2)C(=O)N1c1ccc(OC)c(Cl)c1. The van der Waals surface area contributed by atoms with Crippen molar-refractivity contribution in [2.45, 2.75) is 6.92 Å². The highest BCUT2D eigenvalue weighted by molar-refractivity contribution is 8.14. The Bertz CT molecular complexity index is 942. The van der Waals surface area contributed by atoms with Gasteiger partial charge < -0.3 is 10.1 Å². The van der Waals surface area contributed by atoms with Crippen LogP contribution in [0, 0.1) is 0 Å². The number of carbonyl (C=O) groups excluding carboxylic acids is 2. The third-order valence-corrected chi connectivity index (χ3v) is 5.80. The second-order valence-corrected chi connectivity index (χ2v) is 7.97. The zero-order chi connectivity index (χ0) is 20.1. The monoisotopic (exact) mass is 435 g/mol. The van der Waals surface area contributed by atoms with Gasteiger partial charge >= 0.3 is 0 Å². The molecule has 1 aromatic heterocycles. The molecule has 0 unspecified atom stereocenters. The van der Waals surface area contributed by atoms with Crippen molar-refractivity contribution < 1.29 is 14.3 Å². The van der Waals surface area contributed by atoms with Gasteiger partial charge in [-0.05, 0) is 42.6 Å². The van der Waals surface area contributed by atoms with E-state index in [9.17, 15) is 9.59 Å². The summed E-state index contributed by atoms with van der Waals surface area (Å²) in [7, 11) is 1.53. The minimum absolute atomic E-state index is 0.119. The molecule has 28 heavy (non-hydrogen) atoms. The molecule has 0 fully saturated rings. The molecule has 1 aliphatic rings. The quantitative estimate of drug-likeness (QED) is 0.695. The number of nitrogens with zero attached hydrogens (tertiary/aromatic N) is 2. The molecule has 0 bridgehead atoms. The molecule has 1 aliphatic heterocycles. The number of amides is 2. The lowest BCUT2D eigenvalue weighted by Gasteiger charge is -2.18. The average molecular weight is 436 g/mol. The first kappa shape index (κ1) is 20.4. The molecule has 1 aromatic carbocycles. The fraction of sp³-hybridized carbons (Fsp3) is 0.211. The molecule has 0 aliphatic carbocycles. The van der Waals surface area contributed by atoms with Crippen LogP contribution in [0.3, 0.4) is 0 Å². The Hall–Kier alpha value is -2.29. The van der Waals surface area contributed by atoms with Gasteiger partial charge in [-0.1, -0.05) is 29.4 Å². The van der Waals surface area contributed by atoms with Gasteiger partial charge in [-0.15, -0.1) is 11.3 Å². The average Bonchev–Trinajstić information content (AvgIpc) is 3.29. The van der Waals surface area contributed by atoms with Crippen molar-refractivity contribution in [1.29, 1.82) is 0 Å². The predicted octanol–water partition coefficient (Wildman–Crippen LogP) is 4.02. The van der Waals surface area contributed by atoms with Crippen LogP contribution in [0.1, 0.15) is 11.8 Å². The Kier molecular flexibility index (Phi) is 6.77. The number of amidine groups is 1. The molecule has 2 aromatic rings. The highest BCUT2D eigenvalue weighted by Gasteiger charge is 2.32. The summed E-state index contributed by atoms with van der Waals surface area (Å²) in [4.78, 5) is 31.8. The number of nitrogens with one attached hydrogen (secondary N) is 1. The smallest absolute Gasteiger partial charge is 0.283 e. The van der Waals surface area contributed by atoms with Crippen molar-refractivity contribution in [1.82, 2.24) is 5.32 Å². The first-order valence-corrected chi connectivity index (χ1v) is 10.7. The van der Waals surface area contributed by atoms with Crippen LogP contribution in [0.2, 0.25) is 5.02 Å². The van der Waals surface area contributed by atoms with Gasteiger partial charge in [0.05, 0.1) is 23.6 Å². The molecule has 0 saturated carbocycles. The van der Waals surface area contributed by atoms with E-state index < -0.39 is 0 Å². The highest BCUT2D eigenvalue weighted by Crippen LogP contribution is 2.34. The maximum absolute atomic E-state index is 13.0. The van der Waals surface area contributed by atoms with Crippen LogP contribution in [0.5, 0.6) is 5.75 Å². The third kappa shape index (κ3) is 4.57. The lowest BCUT2D eigenvalue weighted by molar-refractivity contribution is -0.118. The molecule has 6 nitrogen and oxygen atoms in total. The van der Waals surface area contributed by atoms with Gasteiger partial charge in [-0.3, -0.25) is 14.5 Å². The van der Waals surface area contributed by atoms with E-state index in [0.717, 1.165) is 4.88 Å². The van der Waals surface area contributed by atoms with E-state index in [2.05, 4.69) is 10.3 Å². The van der Waals surface area contributed by atoms with Gasteiger partial charge in [-0.2, -0.15) is 0 Å². The largest absolute Gasteiger partial charge is 0.495 e. The molecule has 3 rings (SSSR count). The van der Waals surface area contributed by atoms with Crippen molar-refractivity contribution >= 4 is 63.4 Å². The summed E-state index contributed by atoms with van der Waals surface area (Å²) < 4.78 is 5.18. The zero-order valence-corrected chi connectivity index (χ0v) is 17.7. The van der Waals surface area contributed by atoms with E-state index in [4.69, 9.17) is 16.3 Å². The summed E-state index contributed by atoms with van der Waals surface area (Å²) in [6.07, 6.45) is 1.74. The van der Waals surface area contributed by atoms with Crippen LogP contribution < -0.4 is 15.0 Å². The van der Waals surface area contributed by atoms with Crippen molar-refractivity contribution in [3.05, 3.63) is 51.3 Å². The fourth-order valence-electron chi connectivity index (χ4n) is 2.50. The molecule has 9 heteroatoms. The molecular formula is C19H18ClN3O3S2. The number of carbonyl (C=O) groups is 2. The molecule has 0 radical (unpaired) electrons. The second-order valence-electron chi connectivity index (χ2n) is 5.64. The van der Waals surface area contributed by atoms with Crippen molar-refractivity contribution in [2.24, 2.45) is 4.99 Å². The van der Waals surface area contributed by atoms with E-state index in [1.807, 2.05) is 24.4 Å². The van der Waals surface area contributed by atoms with Crippen molar-refractivity contribution in [2.75, 3.05) is 24.3 Å². The molecule has 2 amide bonds. The number of halogens is 1. The number of benzene rings is 1. The van der Waals surface area contributed by atoms with E-state index >= 15 is 0 Å². The van der Waals surface area contributed by atoms with Crippen LogP contribution in [0.4, 0.5) is 5.69 Å². The Balaban J connectivity index is 1.93. The lowest BCUT2D eigenvalue weighted by Crippen LogP contribution is -2.32. The van der Waals surface area contributed by atoms with E-state index in [-0.39, 0.29) is 17.6 Å². The number of methoxy groups -OCH3 is 1. The maximum atomic E-state index is 13.0. The zero-order valence-electron chi connectivity index (χ0n) is 15.3. The van der Waals surface area contributed by atoms with Gasteiger partial charge in [0.15, 0.2) is 5.17 Å². The highest BCUT2D eigenvalue weighted by atomic mass is 35.5. The Morgan fingerprint density at radius 2 is 2.25 bits per heavy atom. The first-order chi connectivity index (χ1) is 13.5. The minimum atomic E-state index is -0.270. The predicted molar refractivity (Wildman–Crippen MR) is 116 cm³/mol. The Labute approximate surface area is 176 Å². The first-order valence-electron chi connectivity index (χ1n) is 8.45. The summed E-state index contributed by atoms with van der Waals surface area (Å²) >= 11 is 8.96. The summed E-state index contributed by atoms with van der Waals surface area (Å²) in [6.45, 7) is 2.40. The van der Waals surface area contributed by atoms with E-state index in [1.165, 1.54) is 35.1 Å². The van der Waals surface area contributed by atoms with Crippen LogP contribution in [-0.4, -0.2) is 36.4 Å². The number of ether oxygens (including phenoxy) is 1. The van der Waals surface area contributed by atoms with Gasteiger partial charge in [0, 0.05) is 11.4 Å². The van der Waals surface area contributed by atoms with Crippen LogP contribution in [0.25, 0.3) is 6.08 Å². The number of thiophene rings is 1. The molecule has 146 valence electrons. The summed E-state index contributed by atoms with van der Waals surface area (Å²) in [5.41, 5.74) is 0.875. The molecule has 0 saturated heterocycles. The van der Waals surface area contributed by atoms with Crippen LogP contribution in [-0.2, 0) is 9.59 Å². The number of anilines is 1. The summed E-state index contributed by atoms with van der Waals surface area (Å²) in [5, 5.41) is 5.49. The number of hydrogen-bond donors (Lipinski definition) is 1. The van der Waals surface area contributed by atoms with Crippen LogP contribution in [0.15, 0.2) is 46.4 Å². The standard InChI is InChI=1S/C19H18ClN3O3S2/c1-3-21-17(24)11-28-19-22-15(10-13-5-4-8-27-13)18(25)23(19)12-6-7-16(26-2)14(20)9-12/h4-10H,3,11H2,1-2H3,(H,21,24)/b15-10-. The molecule has 0 spiro atoms. The van der Waals surface area contributed by atoms with E-state index in [1.54, 1.807) is 24.3 Å². The van der Waals surface area contributed by atoms with Gasteiger partial charge in [0.2, 0.25) is 5.91 Å². The minimum Gasteiger partial charge on any atom is -0.495 e. The van der Waals surface area contributed by atoms with Crippen LogP contribution >= 0.6 is 34.7 Å². The van der Waals surface area contributed by atoms with Gasteiger partial charge in [-0.25, -0.2) is 4.99 Å². The second kappa shape index (κ2) is 9.27. The number of hydrogen-bond acceptors (Lipinski definition) is 6. The normalized spacial score (nSPS) is 15.1. The van der Waals surface area contributed by atoms with Crippen molar-refractivity contribution in [3.63, 3.8) is 0 Å². The van der Waals surface area contributed by atoms with E-state index in [0.29, 0.717) is 33.9 Å². The topological polar surface area (TPSA) is 71.0 Å². The van der Waals surface area contributed by atoms with Gasteiger partial charge in [0.1, 0.15) is 11.4 Å². The summed E-state index contributed by atoms with van der Waals surface area (Å²) in [5.74, 6) is 0.283. The third-order valence-electron chi connectivity index (χ3n) is 3.75. The molecule has 2 heterocycles. The Morgan fingerprint density at radius 3 is 2.89 bits per heavy atom.